The van der Waals surface area contributed by atoms with E-state index in [4.69, 9.17) is 21.1 Å². The molecule has 0 unspecified atom stereocenters. The van der Waals surface area contributed by atoms with E-state index in [1.54, 1.807) is 30.0 Å². The molecule has 4 aliphatic heterocycles. The Labute approximate surface area is 492 Å². The van der Waals surface area contributed by atoms with Crippen LogP contribution in [0.3, 0.4) is 0 Å². The van der Waals surface area contributed by atoms with Gasteiger partial charge >= 0.3 is 6.09 Å². The van der Waals surface area contributed by atoms with Crippen LogP contribution in [0, 0.1) is 18.2 Å². The summed E-state index contributed by atoms with van der Waals surface area (Å²) >= 11 is 8.13. The molecule has 0 aromatic heterocycles. The first-order valence-corrected chi connectivity index (χ1v) is 29.1. The molecule has 431 valence electrons. The Morgan fingerprint density at radius 2 is 1.57 bits per heavy atom. The Hall–Kier alpha value is -4.03. The van der Waals surface area contributed by atoms with Crippen LogP contribution < -0.4 is 14.9 Å². The zero-order chi connectivity index (χ0) is 54.0. The maximum absolute atomic E-state index is 13.5. The molecular formula is C57H75ClF3N7O8S2Sc-2. The number of morpholine rings is 1. The number of nitrogens with one attached hydrogen (secondary N) is 2. The van der Waals surface area contributed by atoms with E-state index < -0.39 is 28.2 Å². The SMILES string of the molecule is CC(C)(C)OC(=O)N1CCN(C[C@]2(C)CCC(c3ccc(Cl)cc3)=C(CN3CCN(c4ccc(C(=O)NS(=O)(=O)c5c[c-]c(N[C@H](CCN6C[C@H]7C[C@@H]6CO7)CSc6ccccc6)cc5)cc4)CC3)C2)CC1.F[C-](F)F.O.O.[Sc]. The van der Waals surface area contributed by atoms with E-state index in [1.165, 1.54) is 33.7 Å². The molecule has 1 radical (unpaired) electrons. The predicted octanol–water partition coefficient (Wildman–Crippen LogP) is 8.70. The van der Waals surface area contributed by atoms with Gasteiger partial charge in [-0.1, -0.05) is 60.1 Å². The summed E-state index contributed by atoms with van der Waals surface area (Å²) in [6.07, 6.45) is 5.25. The van der Waals surface area contributed by atoms with Gasteiger partial charge in [-0.15, -0.1) is 17.8 Å². The Morgan fingerprint density at radius 3 is 2.16 bits per heavy atom. The van der Waals surface area contributed by atoms with Crippen LogP contribution in [-0.2, 0) is 45.3 Å². The number of hydrogen-bond acceptors (Lipinski definition) is 12. The first kappa shape index (κ1) is 65.8. The molecule has 4 aromatic carbocycles. The largest absolute Gasteiger partial charge is 0.444 e. The van der Waals surface area contributed by atoms with Gasteiger partial charge in [-0.2, -0.15) is 18.2 Å². The molecule has 4 aromatic rings. The third kappa shape index (κ3) is 19.3. The van der Waals surface area contributed by atoms with Crippen molar-refractivity contribution < 1.29 is 77.4 Å². The summed E-state index contributed by atoms with van der Waals surface area (Å²) in [7, 11) is -4.15. The number of nitrogens with zero attached hydrogens (tertiary/aromatic N) is 5. The second kappa shape index (κ2) is 29.8. The van der Waals surface area contributed by atoms with Crippen molar-refractivity contribution in [2.45, 2.75) is 93.4 Å². The van der Waals surface area contributed by atoms with Gasteiger partial charge < -0.3 is 48.7 Å². The second-order valence-electron chi connectivity index (χ2n) is 21.8. The molecule has 22 heteroatoms. The van der Waals surface area contributed by atoms with Crippen LogP contribution in [0.15, 0.2) is 112 Å². The Balaban J connectivity index is 0.00000159. The quantitative estimate of drug-likeness (QED) is 0.0757. The van der Waals surface area contributed by atoms with Crippen LogP contribution >= 0.6 is 23.4 Å². The number of carbonyl (C=O) groups excluding carboxylic acids is 2. The monoisotopic (exact) mass is 1190 g/mol. The van der Waals surface area contributed by atoms with Gasteiger partial charge in [-0.3, -0.25) is 24.2 Å². The van der Waals surface area contributed by atoms with E-state index in [0.717, 1.165) is 121 Å². The third-order valence-electron chi connectivity index (χ3n) is 14.8. The summed E-state index contributed by atoms with van der Waals surface area (Å²) in [5.74, 6) is 0.161. The number of ether oxygens (including phenoxy) is 2. The van der Waals surface area contributed by atoms with E-state index in [-0.39, 0.29) is 64.8 Å². The van der Waals surface area contributed by atoms with Gasteiger partial charge in [0.05, 0.1) is 12.7 Å². The topological polar surface area (TPSA) is 190 Å². The maximum Gasteiger partial charge on any atom is 0.410 e. The fraction of sp³-hybridized carbons (Fsp3) is 0.491. The molecule has 1 aliphatic carbocycles. The van der Waals surface area contributed by atoms with Gasteiger partial charge in [0.25, 0.3) is 5.91 Å². The van der Waals surface area contributed by atoms with Crippen molar-refractivity contribution in [2.24, 2.45) is 5.41 Å². The summed E-state index contributed by atoms with van der Waals surface area (Å²) in [5, 5.41) is 4.34. The minimum absolute atomic E-state index is 0. The van der Waals surface area contributed by atoms with E-state index >= 15 is 0 Å². The summed E-state index contributed by atoms with van der Waals surface area (Å²) < 4.78 is 69.5. The number of fused-ring (bicyclic) bond motifs is 2. The molecule has 4 fully saturated rings. The number of rotatable bonds is 17. The molecule has 2 bridgehead atoms. The van der Waals surface area contributed by atoms with Crippen molar-refractivity contribution >= 4 is 62.3 Å². The van der Waals surface area contributed by atoms with Crippen LogP contribution in [0.1, 0.15) is 75.7 Å². The Bertz CT molecular complexity index is 2700. The number of thioether (sulfide) groups is 1. The molecule has 4 saturated heterocycles. The molecule has 6 N–H and O–H groups in total. The van der Waals surface area contributed by atoms with E-state index in [2.05, 4.69) is 66.9 Å². The minimum Gasteiger partial charge on any atom is -0.444 e. The van der Waals surface area contributed by atoms with Crippen LogP contribution in [0.25, 0.3) is 5.57 Å². The fourth-order valence-corrected chi connectivity index (χ4v) is 13.0. The molecular weight excluding hydrogens is 1110 g/mol. The molecule has 15 nitrogen and oxygen atoms in total. The smallest absolute Gasteiger partial charge is 0.410 e. The van der Waals surface area contributed by atoms with Crippen LogP contribution in [0.4, 0.5) is 29.3 Å². The molecule has 9 rings (SSSR count). The van der Waals surface area contributed by atoms with Gasteiger partial charge in [0, 0.05) is 143 Å². The van der Waals surface area contributed by atoms with Crippen molar-refractivity contribution in [3.05, 3.63) is 132 Å². The fourth-order valence-electron chi connectivity index (χ4n) is 10.9. The average Bonchev–Trinajstić information content (AvgIpc) is 4.02. The van der Waals surface area contributed by atoms with Crippen LogP contribution in [0.5, 0.6) is 0 Å². The first-order valence-electron chi connectivity index (χ1n) is 26.2. The number of likely N-dealkylation sites (tertiary alicyclic amines) is 1. The summed E-state index contributed by atoms with van der Waals surface area (Å²) in [6.45, 7) is 16.1. The van der Waals surface area contributed by atoms with Gasteiger partial charge in [-0.05, 0) is 123 Å². The summed E-state index contributed by atoms with van der Waals surface area (Å²) in [4.78, 5) is 39.1. The van der Waals surface area contributed by atoms with Crippen molar-refractivity contribution in [2.75, 3.05) is 101 Å². The number of amides is 2. The normalized spacial score (nSPS) is 21.2. The molecule has 79 heavy (non-hydrogen) atoms. The number of piperazine rings is 2. The number of halogens is 4. The number of hydrogen-bond donors (Lipinski definition) is 2. The Morgan fingerprint density at radius 1 is 0.911 bits per heavy atom. The average molecular weight is 1190 g/mol. The van der Waals surface area contributed by atoms with Crippen LogP contribution in [0.2, 0.25) is 5.02 Å². The standard InChI is InChI=1S/C56H71ClN7O6S2.CF3.2H2O.Sc/c1-55(2,3)70-54(66)63-32-28-61(29-33-63)40-56(4)24-22-52(41-10-14-44(57)15-11-41)43(35-56)36-60-26-30-62(31-27-60)47-18-12-42(13-19-47)53(65)59-72(67,68)51-20-16-45(17-21-51)58-46(39-71-50-8-6-5-7-9-50)23-25-64-37-49-34-48(64)38-69-49;2-1(3)4;;;/h5-16,18-21,46,48-49,58H,22-40H2,1-4H3,(H,59,65);;2*1H2;/q2*-1;;;/t46-,48-,49-,56-;;;;/m1..../s1. The number of anilines is 2. The second-order valence-corrected chi connectivity index (χ2v) is 25.0. The van der Waals surface area contributed by atoms with Gasteiger partial charge in [0.2, 0.25) is 10.0 Å². The molecule has 5 aliphatic rings. The van der Waals surface area contributed by atoms with Crippen molar-refractivity contribution in [3.8, 4) is 0 Å². The summed E-state index contributed by atoms with van der Waals surface area (Å²) in [5.41, 5.74) is 5.71. The molecule has 4 heterocycles. The van der Waals surface area contributed by atoms with Gasteiger partial charge in [0.15, 0.2) is 6.68 Å². The third-order valence-corrected chi connectivity index (χ3v) is 17.6. The van der Waals surface area contributed by atoms with Crippen LogP contribution in [-0.4, -0.2) is 166 Å². The van der Waals surface area contributed by atoms with Crippen molar-refractivity contribution in [1.82, 2.24) is 24.3 Å². The Kier molecular flexibility index (Phi) is 24.8. The van der Waals surface area contributed by atoms with E-state index in [0.29, 0.717) is 30.9 Å². The number of allylic oxidation sites excluding steroid dienone is 1. The number of benzene rings is 4. The maximum atomic E-state index is 13.5. The molecule has 4 atom stereocenters. The van der Waals surface area contributed by atoms with Gasteiger partial charge in [-0.25, -0.2) is 13.2 Å². The van der Waals surface area contributed by atoms with E-state index in [1.807, 2.05) is 68.1 Å². The number of carbonyl (C=O) groups is 2. The zero-order valence-electron chi connectivity index (χ0n) is 45.5. The van der Waals surface area contributed by atoms with Crippen molar-refractivity contribution in [3.63, 3.8) is 0 Å². The summed E-state index contributed by atoms with van der Waals surface area (Å²) in [6, 6.07) is 34.3. The zero-order valence-corrected chi connectivity index (χ0v) is 49.7. The minimum atomic E-state index is -4.15. The van der Waals surface area contributed by atoms with Crippen molar-refractivity contribution in [1.29, 1.82) is 0 Å². The first-order chi connectivity index (χ1) is 36.3. The molecule has 0 saturated carbocycles. The molecule has 0 spiro atoms. The predicted molar refractivity (Wildman–Crippen MR) is 302 cm³/mol. The van der Waals surface area contributed by atoms with Gasteiger partial charge in [0.1, 0.15) is 5.60 Å². The number of sulfonamides is 1. The molecule has 2 amide bonds. The van der Waals surface area contributed by atoms with E-state index in [9.17, 15) is 31.2 Å².